The van der Waals surface area contributed by atoms with Gasteiger partial charge in [0.2, 0.25) is 15.9 Å². The Hall–Kier alpha value is -1.15. The molecule has 2 unspecified atom stereocenters. The van der Waals surface area contributed by atoms with Gasteiger partial charge in [-0.3, -0.25) is 9.59 Å². The quantitative estimate of drug-likeness (QED) is 0.786. The third kappa shape index (κ3) is 4.67. The van der Waals surface area contributed by atoms with Crippen LogP contribution in [0.1, 0.15) is 40.5 Å². The number of amides is 1. The van der Waals surface area contributed by atoms with Gasteiger partial charge >= 0.3 is 5.97 Å². The van der Waals surface area contributed by atoms with E-state index in [0.29, 0.717) is 19.4 Å². The number of carboxylic acid groups (broad SMARTS) is 1. The Balaban J connectivity index is 3.02. The molecular weight excluding hydrogens is 308 g/mol. The molecule has 1 amide bonds. The number of nitrogens with zero attached hydrogens (tertiary/aromatic N) is 1. The monoisotopic (exact) mass is 334 g/mol. The number of rotatable bonds is 4. The summed E-state index contributed by atoms with van der Waals surface area (Å²) in [5.74, 6) is -1.31. The Bertz CT molecular complexity index is 552. The standard InChI is InChI=1S/C14H26N2O5S/c1-13(2,3)10(15-22(5,20)21)11(17)16-8-6-7-14(4,9-16)12(18)19/h10,15H,6-9H2,1-5H3,(H,18,19). The van der Waals surface area contributed by atoms with Crippen molar-refractivity contribution in [3.8, 4) is 0 Å². The van der Waals surface area contributed by atoms with Crippen LogP contribution in [0.5, 0.6) is 0 Å². The van der Waals surface area contributed by atoms with Crippen molar-refractivity contribution in [3.05, 3.63) is 0 Å². The van der Waals surface area contributed by atoms with E-state index in [4.69, 9.17) is 0 Å². The maximum Gasteiger partial charge on any atom is 0.311 e. The Morgan fingerprint density at radius 2 is 1.86 bits per heavy atom. The number of hydrogen-bond donors (Lipinski definition) is 2. The molecular formula is C14H26N2O5S. The van der Waals surface area contributed by atoms with E-state index < -0.39 is 32.9 Å². The number of hydrogen-bond acceptors (Lipinski definition) is 4. The summed E-state index contributed by atoms with van der Waals surface area (Å²) in [6, 6.07) is -0.918. The number of piperidine rings is 1. The van der Waals surface area contributed by atoms with Gasteiger partial charge in [-0.2, -0.15) is 0 Å². The smallest absolute Gasteiger partial charge is 0.311 e. The van der Waals surface area contributed by atoms with Crippen LogP contribution in [-0.4, -0.2) is 55.7 Å². The van der Waals surface area contributed by atoms with Gasteiger partial charge in [-0.25, -0.2) is 13.1 Å². The SMILES string of the molecule is CC1(C(=O)O)CCCN(C(=O)C(NS(C)(=O)=O)C(C)(C)C)C1. The van der Waals surface area contributed by atoms with Crippen LogP contribution in [0.25, 0.3) is 0 Å². The van der Waals surface area contributed by atoms with E-state index in [0.717, 1.165) is 6.26 Å². The van der Waals surface area contributed by atoms with Crippen LogP contribution in [0.3, 0.4) is 0 Å². The van der Waals surface area contributed by atoms with Crippen LogP contribution in [0.2, 0.25) is 0 Å². The first kappa shape index (κ1) is 18.9. The predicted octanol–water partition coefficient (Wildman–Crippen LogP) is 0.664. The van der Waals surface area contributed by atoms with Gasteiger partial charge in [0.25, 0.3) is 0 Å². The van der Waals surface area contributed by atoms with E-state index in [1.54, 1.807) is 27.7 Å². The summed E-state index contributed by atoms with van der Waals surface area (Å²) in [6.45, 7) is 7.47. The fraction of sp³-hybridized carbons (Fsp3) is 0.857. The average Bonchev–Trinajstić information content (AvgIpc) is 2.32. The van der Waals surface area contributed by atoms with E-state index >= 15 is 0 Å². The lowest BCUT2D eigenvalue weighted by molar-refractivity contribution is -0.154. The maximum atomic E-state index is 12.7. The fourth-order valence-corrected chi connectivity index (χ4v) is 3.48. The van der Waals surface area contributed by atoms with Crippen molar-refractivity contribution in [2.45, 2.75) is 46.6 Å². The van der Waals surface area contributed by atoms with Gasteiger partial charge in [0.1, 0.15) is 6.04 Å². The molecule has 1 fully saturated rings. The van der Waals surface area contributed by atoms with E-state index in [1.165, 1.54) is 4.90 Å². The second kappa shape index (κ2) is 6.16. The predicted molar refractivity (Wildman–Crippen MR) is 82.8 cm³/mol. The zero-order valence-electron chi connectivity index (χ0n) is 13.8. The molecule has 0 bridgehead atoms. The molecule has 0 aliphatic carbocycles. The lowest BCUT2D eigenvalue weighted by Gasteiger charge is -2.41. The molecule has 1 heterocycles. The van der Waals surface area contributed by atoms with E-state index in [9.17, 15) is 23.1 Å². The van der Waals surface area contributed by atoms with Gasteiger partial charge in [-0.15, -0.1) is 0 Å². The van der Waals surface area contributed by atoms with Crippen LogP contribution in [0.4, 0.5) is 0 Å². The summed E-state index contributed by atoms with van der Waals surface area (Å²) >= 11 is 0. The van der Waals surface area contributed by atoms with Crippen LogP contribution in [0.15, 0.2) is 0 Å². The largest absolute Gasteiger partial charge is 0.481 e. The molecule has 1 aliphatic rings. The lowest BCUT2D eigenvalue weighted by Crippen LogP contribution is -2.58. The average molecular weight is 334 g/mol. The summed E-state index contributed by atoms with van der Waals surface area (Å²) in [5, 5.41) is 9.33. The minimum atomic E-state index is -3.55. The van der Waals surface area contributed by atoms with Gasteiger partial charge in [0.15, 0.2) is 0 Å². The number of carbonyl (C=O) groups is 2. The van der Waals surface area contributed by atoms with Crippen molar-refractivity contribution in [1.82, 2.24) is 9.62 Å². The number of nitrogens with one attached hydrogen (secondary N) is 1. The lowest BCUT2D eigenvalue weighted by atomic mass is 9.80. The van der Waals surface area contributed by atoms with Gasteiger partial charge < -0.3 is 10.0 Å². The Kier molecular flexibility index (Phi) is 5.29. The molecule has 1 aliphatic heterocycles. The van der Waals surface area contributed by atoms with Crippen LogP contribution < -0.4 is 4.72 Å². The molecule has 128 valence electrons. The van der Waals surface area contributed by atoms with Gasteiger partial charge in [0, 0.05) is 13.1 Å². The highest BCUT2D eigenvalue weighted by Crippen LogP contribution is 2.31. The Labute approximate surface area is 132 Å². The number of sulfonamides is 1. The van der Waals surface area contributed by atoms with E-state index in [2.05, 4.69) is 4.72 Å². The number of aliphatic carboxylic acids is 1. The molecule has 22 heavy (non-hydrogen) atoms. The summed E-state index contributed by atoms with van der Waals surface area (Å²) in [4.78, 5) is 25.6. The minimum absolute atomic E-state index is 0.0964. The minimum Gasteiger partial charge on any atom is -0.481 e. The second-order valence-electron chi connectivity index (χ2n) is 7.42. The molecule has 1 saturated heterocycles. The number of likely N-dealkylation sites (tertiary alicyclic amines) is 1. The maximum absolute atomic E-state index is 12.7. The molecule has 8 heteroatoms. The molecule has 2 N–H and O–H groups in total. The topological polar surface area (TPSA) is 104 Å². The highest BCUT2D eigenvalue weighted by atomic mass is 32.2. The summed E-state index contributed by atoms with van der Waals surface area (Å²) in [5.41, 5.74) is -1.60. The van der Waals surface area contributed by atoms with Crippen LogP contribution in [-0.2, 0) is 19.6 Å². The van der Waals surface area contributed by atoms with E-state index in [-0.39, 0.29) is 12.5 Å². The summed E-state index contributed by atoms with van der Waals surface area (Å²) < 4.78 is 25.5. The Morgan fingerprint density at radius 3 is 2.27 bits per heavy atom. The molecule has 0 aromatic rings. The summed E-state index contributed by atoms with van der Waals surface area (Å²) in [6.07, 6.45) is 2.10. The molecule has 0 aromatic carbocycles. The molecule has 0 saturated carbocycles. The first-order valence-electron chi connectivity index (χ1n) is 7.26. The van der Waals surface area contributed by atoms with Crippen molar-refractivity contribution < 1.29 is 23.1 Å². The Morgan fingerprint density at radius 1 is 1.32 bits per heavy atom. The van der Waals surface area contributed by atoms with Crippen molar-refractivity contribution in [1.29, 1.82) is 0 Å². The third-order valence-electron chi connectivity index (χ3n) is 3.97. The number of carboxylic acids is 1. The highest BCUT2D eigenvalue weighted by Gasteiger charge is 2.43. The molecule has 2 atom stereocenters. The van der Waals surface area contributed by atoms with Crippen molar-refractivity contribution in [2.75, 3.05) is 19.3 Å². The zero-order chi connectivity index (χ0) is 17.3. The van der Waals surface area contributed by atoms with Gasteiger partial charge in [0.05, 0.1) is 11.7 Å². The molecule has 0 spiro atoms. The van der Waals surface area contributed by atoms with Crippen molar-refractivity contribution in [2.24, 2.45) is 10.8 Å². The fourth-order valence-electron chi connectivity index (χ4n) is 2.60. The number of carbonyl (C=O) groups excluding carboxylic acids is 1. The molecule has 0 radical (unpaired) electrons. The first-order chi connectivity index (χ1) is 9.76. The van der Waals surface area contributed by atoms with Crippen molar-refractivity contribution >= 4 is 21.9 Å². The second-order valence-corrected chi connectivity index (χ2v) is 9.20. The normalized spacial score (nSPS) is 24.9. The van der Waals surface area contributed by atoms with Crippen molar-refractivity contribution in [3.63, 3.8) is 0 Å². The van der Waals surface area contributed by atoms with Gasteiger partial charge in [-0.05, 0) is 25.2 Å². The summed E-state index contributed by atoms with van der Waals surface area (Å²) in [7, 11) is -3.55. The zero-order valence-corrected chi connectivity index (χ0v) is 14.7. The molecule has 7 nitrogen and oxygen atoms in total. The molecule has 1 rings (SSSR count). The van der Waals surface area contributed by atoms with Crippen LogP contribution in [0, 0.1) is 10.8 Å². The van der Waals surface area contributed by atoms with Crippen LogP contribution >= 0.6 is 0 Å². The van der Waals surface area contributed by atoms with E-state index in [1.807, 2.05) is 0 Å². The van der Waals surface area contributed by atoms with Gasteiger partial charge in [-0.1, -0.05) is 20.8 Å². The molecule has 0 aromatic heterocycles. The first-order valence-corrected chi connectivity index (χ1v) is 9.15. The highest BCUT2D eigenvalue weighted by molar-refractivity contribution is 7.88. The third-order valence-corrected chi connectivity index (χ3v) is 4.63.